The Morgan fingerprint density at radius 2 is 1.64 bits per heavy atom. The molecule has 5 heteroatoms. The zero-order valence-electron chi connectivity index (χ0n) is 19.2. The molecule has 2 heterocycles. The Balaban J connectivity index is 1.16. The van der Waals surface area contributed by atoms with Crippen LogP contribution in [0.15, 0.2) is 79.1 Å². The predicted molar refractivity (Wildman–Crippen MR) is 131 cm³/mol. The molecule has 1 saturated heterocycles. The van der Waals surface area contributed by atoms with Gasteiger partial charge in [-0.05, 0) is 54.2 Å². The fourth-order valence-corrected chi connectivity index (χ4v) is 4.20. The maximum Gasteiger partial charge on any atom is 0.227 e. The van der Waals surface area contributed by atoms with Gasteiger partial charge in [0.05, 0.1) is 13.0 Å². The number of pyridine rings is 1. The highest BCUT2D eigenvalue weighted by Gasteiger charge is 2.21. The maximum absolute atomic E-state index is 12.6. The molecular formula is C28H33N3O2. The molecule has 1 aromatic heterocycles. The predicted octanol–water partition coefficient (Wildman–Crippen LogP) is 4.37. The van der Waals surface area contributed by atoms with Crippen LogP contribution in [0.25, 0.3) is 0 Å². The minimum Gasteiger partial charge on any atom is -0.494 e. The number of amides is 1. The summed E-state index contributed by atoms with van der Waals surface area (Å²) in [6.07, 6.45) is 7.21. The van der Waals surface area contributed by atoms with Crippen molar-refractivity contribution < 1.29 is 9.53 Å². The number of ether oxygens (including phenoxy) is 1. The third-order valence-corrected chi connectivity index (χ3v) is 6.08. The minimum atomic E-state index is 0.185. The van der Waals surface area contributed by atoms with Crippen LogP contribution in [-0.4, -0.2) is 53.5 Å². The van der Waals surface area contributed by atoms with E-state index in [-0.39, 0.29) is 5.91 Å². The van der Waals surface area contributed by atoms with Crippen molar-refractivity contribution in [2.24, 2.45) is 0 Å². The van der Waals surface area contributed by atoms with Crippen molar-refractivity contribution >= 4 is 5.91 Å². The normalized spacial score (nSPS) is 14.2. The van der Waals surface area contributed by atoms with Crippen LogP contribution in [0, 0.1) is 0 Å². The van der Waals surface area contributed by atoms with Crippen LogP contribution in [0.2, 0.25) is 0 Å². The first-order valence-electron chi connectivity index (χ1n) is 11.9. The number of hydrogen-bond donors (Lipinski definition) is 0. The lowest BCUT2D eigenvalue weighted by atomic mass is 10.1. The zero-order valence-corrected chi connectivity index (χ0v) is 19.2. The van der Waals surface area contributed by atoms with Crippen LogP contribution < -0.4 is 4.74 Å². The first kappa shape index (κ1) is 23.0. The van der Waals surface area contributed by atoms with Crippen LogP contribution >= 0.6 is 0 Å². The Hall–Kier alpha value is -3.18. The van der Waals surface area contributed by atoms with Crippen LogP contribution in [0.1, 0.15) is 29.5 Å². The molecule has 0 saturated carbocycles. The largest absolute Gasteiger partial charge is 0.494 e. The molecule has 5 nitrogen and oxygen atoms in total. The van der Waals surface area contributed by atoms with E-state index in [2.05, 4.69) is 58.4 Å². The van der Waals surface area contributed by atoms with Gasteiger partial charge in [0.25, 0.3) is 0 Å². The van der Waals surface area contributed by atoms with Gasteiger partial charge in [-0.25, -0.2) is 0 Å². The number of unbranched alkanes of at least 4 members (excludes halogenated alkanes) is 1. The molecule has 0 bridgehead atoms. The van der Waals surface area contributed by atoms with E-state index in [9.17, 15) is 4.79 Å². The molecule has 0 spiro atoms. The number of rotatable bonds is 10. The zero-order chi connectivity index (χ0) is 22.7. The molecule has 4 rings (SSSR count). The first-order valence-corrected chi connectivity index (χ1v) is 11.9. The van der Waals surface area contributed by atoms with Gasteiger partial charge in [-0.3, -0.25) is 14.7 Å². The summed E-state index contributed by atoms with van der Waals surface area (Å²) in [5.74, 6) is 1.13. The lowest BCUT2D eigenvalue weighted by Crippen LogP contribution is -2.48. The molecule has 172 valence electrons. The van der Waals surface area contributed by atoms with E-state index in [1.807, 2.05) is 23.1 Å². The number of carbonyl (C=O) groups is 1. The second-order valence-corrected chi connectivity index (χ2v) is 8.63. The molecule has 0 radical (unpaired) electrons. The quantitative estimate of drug-likeness (QED) is 0.437. The summed E-state index contributed by atoms with van der Waals surface area (Å²) in [5.41, 5.74) is 3.62. The summed E-state index contributed by atoms with van der Waals surface area (Å²) >= 11 is 0. The van der Waals surface area contributed by atoms with Crippen LogP contribution in [0.4, 0.5) is 0 Å². The Bertz CT molecular complexity index is 986. The lowest BCUT2D eigenvalue weighted by Gasteiger charge is -2.34. The molecule has 1 fully saturated rings. The summed E-state index contributed by atoms with van der Waals surface area (Å²) in [7, 11) is 0. The van der Waals surface area contributed by atoms with Crippen molar-refractivity contribution in [3.63, 3.8) is 0 Å². The van der Waals surface area contributed by atoms with Crippen LogP contribution in [-0.2, 0) is 24.2 Å². The molecule has 0 N–H and O–H groups in total. The van der Waals surface area contributed by atoms with Crippen molar-refractivity contribution in [1.29, 1.82) is 0 Å². The Morgan fingerprint density at radius 3 is 2.42 bits per heavy atom. The molecule has 1 amide bonds. The first-order chi connectivity index (χ1) is 16.3. The van der Waals surface area contributed by atoms with Gasteiger partial charge in [-0.2, -0.15) is 0 Å². The minimum absolute atomic E-state index is 0.185. The monoisotopic (exact) mass is 443 g/mol. The number of benzene rings is 2. The Labute approximate surface area is 197 Å². The Morgan fingerprint density at radius 1 is 0.848 bits per heavy atom. The third kappa shape index (κ3) is 7.43. The summed E-state index contributed by atoms with van der Waals surface area (Å²) in [6, 6.07) is 22.9. The SMILES string of the molecule is O=C(Cc1cccnc1)N1CCN(Cc2cccc(OCCCCc3ccccc3)c2)CC1. The second-order valence-electron chi connectivity index (χ2n) is 8.63. The van der Waals surface area contributed by atoms with Gasteiger partial charge in [0, 0.05) is 45.1 Å². The van der Waals surface area contributed by atoms with Crippen molar-refractivity contribution in [1.82, 2.24) is 14.8 Å². The summed E-state index contributed by atoms with van der Waals surface area (Å²) in [5, 5.41) is 0. The lowest BCUT2D eigenvalue weighted by molar-refractivity contribution is -0.132. The average Bonchev–Trinajstić information content (AvgIpc) is 2.86. The van der Waals surface area contributed by atoms with E-state index in [0.717, 1.165) is 69.9 Å². The number of aromatic nitrogens is 1. The molecule has 2 aromatic carbocycles. The molecule has 0 aliphatic carbocycles. The van der Waals surface area contributed by atoms with Crippen LogP contribution in [0.3, 0.4) is 0 Å². The molecular weight excluding hydrogens is 410 g/mol. The fourth-order valence-electron chi connectivity index (χ4n) is 4.20. The van der Waals surface area contributed by atoms with Gasteiger partial charge in [0.15, 0.2) is 0 Å². The number of nitrogens with zero attached hydrogens (tertiary/aromatic N) is 3. The van der Waals surface area contributed by atoms with Gasteiger partial charge in [-0.15, -0.1) is 0 Å². The van der Waals surface area contributed by atoms with Crippen molar-refractivity contribution in [2.75, 3.05) is 32.8 Å². The number of carbonyl (C=O) groups excluding carboxylic acids is 1. The highest BCUT2D eigenvalue weighted by Crippen LogP contribution is 2.17. The van der Waals surface area contributed by atoms with Gasteiger partial charge < -0.3 is 9.64 Å². The van der Waals surface area contributed by atoms with Gasteiger partial charge in [-0.1, -0.05) is 48.5 Å². The highest BCUT2D eigenvalue weighted by atomic mass is 16.5. The van der Waals surface area contributed by atoms with Crippen molar-refractivity contribution in [3.05, 3.63) is 95.8 Å². The second kappa shape index (κ2) is 12.2. The van der Waals surface area contributed by atoms with Gasteiger partial charge in [0.1, 0.15) is 5.75 Å². The van der Waals surface area contributed by atoms with Crippen molar-refractivity contribution in [2.45, 2.75) is 32.2 Å². The highest BCUT2D eigenvalue weighted by molar-refractivity contribution is 5.78. The van der Waals surface area contributed by atoms with E-state index < -0.39 is 0 Å². The van der Waals surface area contributed by atoms with Crippen LogP contribution in [0.5, 0.6) is 5.75 Å². The van der Waals surface area contributed by atoms with E-state index in [4.69, 9.17) is 4.74 Å². The number of hydrogen-bond acceptors (Lipinski definition) is 4. The number of aryl methyl sites for hydroxylation is 1. The molecule has 1 aliphatic heterocycles. The van der Waals surface area contributed by atoms with Crippen molar-refractivity contribution in [3.8, 4) is 5.75 Å². The average molecular weight is 444 g/mol. The fraction of sp³-hybridized carbons (Fsp3) is 0.357. The topological polar surface area (TPSA) is 45.7 Å². The number of piperazine rings is 1. The Kier molecular flexibility index (Phi) is 8.48. The molecule has 0 unspecified atom stereocenters. The summed E-state index contributed by atoms with van der Waals surface area (Å²) in [4.78, 5) is 21.0. The summed E-state index contributed by atoms with van der Waals surface area (Å²) < 4.78 is 6.00. The summed E-state index contributed by atoms with van der Waals surface area (Å²) in [6.45, 7) is 4.96. The molecule has 3 aromatic rings. The van der Waals surface area contributed by atoms with E-state index in [1.165, 1.54) is 11.1 Å². The van der Waals surface area contributed by atoms with Gasteiger partial charge in [0.2, 0.25) is 5.91 Å². The molecule has 1 aliphatic rings. The van der Waals surface area contributed by atoms with E-state index in [1.54, 1.807) is 12.4 Å². The third-order valence-electron chi connectivity index (χ3n) is 6.08. The van der Waals surface area contributed by atoms with E-state index in [0.29, 0.717) is 6.42 Å². The standard InChI is InChI=1S/C28H33N3O2/c32-28(21-25-12-7-14-29-22-25)31-17-15-30(16-18-31)23-26-11-6-13-27(20-26)33-19-5-4-10-24-8-2-1-3-9-24/h1-3,6-9,11-14,20,22H,4-5,10,15-19,21,23H2. The molecule has 33 heavy (non-hydrogen) atoms. The smallest absolute Gasteiger partial charge is 0.227 e. The molecule has 0 atom stereocenters. The van der Waals surface area contributed by atoms with E-state index >= 15 is 0 Å². The maximum atomic E-state index is 12.6. The van der Waals surface area contributed by atoms with Gasteiger partial charge >= 0.3 is 0 Å².